The second-order valence-corrected chi connectivity index (χ2v) is 3.64. The van der Waals surface area contributed by atoms with Crippen molar-refractivity contribution >= 4 is 11.8 Å². The number of hydrogen-bond donors (Lipinski definition) is 0. The van der Waals surface area contributed by atoms with Gasteiger partial charge in [-0.05, 0) is 25.5 Å². The van der Waals surface area contributed by atoms with Crippen molar-refractivity contribution in [3.63, 3.8) is 0 Å². The zero-order valence-corrected chi connectivity index (χ0v) is 7.47. The highest BCUT2D eigenvalue weighted by Crippen LogP contribution is 2.21. The lowest BCUT2D eigenvalue weighted by Crippen LogP contribution is -1.93. The first-order valence-electron chi connectivity index (χ1n) is 3.73. The largest absolute Gasteiger partial charge is 0.250 e. The van der Waals surface area contributed by atoms with Crippen LogP contribution in [-0.4, -0.2) is 10.2 Å². The van der Waals surface area contributed by atoms with Crippen molar-refractivity contribution in [1.82, 2.24) is 4.98 Å². The van der Waals surface area contributed by atoms with Crippen molar-refractivity contribution in [1.29, 1.82) is 0 Å². The van der Waals surface area contributed by atoms with Crippen LogP contribution in [0, 0.1) is 6.92 Å². The molecule has 0 aromatic carbocycles. The van der Waals surface area contributed by atoms with Gasteiger partial charge in [-0.25, -0.2) is 4.98 Å². The lowest BCUT2D eigenvalue weighted by molar-refractivity contribution is 0.966. The standard InChI is InChI=1S/C9H12NS/c1-3-8(2)11-9-6-4-5-7-10-9/h4-8H,2-3H2,1H3. The van der Waals surface area contributed by atoms with E-state index in [1.807, 2.05) is 24.4 Å². The summed E-state index contributed by atoms with van der Waals surface area (Å²) in [6.07, 6.45) is 2.89. The molecule has 1 atom stereocenters. The fourth-order valence-corrected chi connectivity index (χ4v) is 1.46. The van der Waals surface area contributed by atoms with Crippen molar-refractivity contribution < 1.29 is 0 Å². The first-order chi connectivity index (χ1) is 5.33. The Hall–Kier alpha value is -0.500. The Balaban J connectivity index is 2.51. The zero-order chi connectivity index (χ0) is 8.10. The smallest absolute Gasteiger partial charge is 0.0962 e. The van der Waals surface area contributed by atoms with Crippen LogP contribution in [0.2, 0.25) is 0 Å². The molecular weight excluding hydrogens is 154 g/mol. The number of thioether (sulfide) groups is 1. The van der Waals surface area contributed by atoms with Crippen LogP contribution in [0.25, 0.3) is 0 Å². The molecule has 0 N–H and O–H groups in total. The molecule has 0 bridgehead atoms. The van der Waals surface area contributed by atoms with Crippen molar-refractivity contribution in [2.75, 3.05) is 0 Å². The van der Waals surface area contributed by atoms with Gasteiger partial charge < -0.3 is 0 Å². The number of rotatable bonds is 3. The van der Waals surface area contributed by atoms with Gasteiger partial charge in [0.1, 0.15) is 0 Å². The first-order valence-corrected chi connectivity index (χ1v) is 4.61. The molecule has 0 fully saturated rings. The molecule has 1 radical (unpaired) electrons. The van der Waals surface area contributed by atoms with E-state index in [1.165, 1.54) is 0 Å². The van der Waals surface area contributed by atoms with Crippen molar-refractivity contribution in [2.24, 2.45) is 0 Å². The predicted octanol–water partition coefficient (Wildman–Crippen LogP) is 2.79. The van der Waals surface area contributed by atoms with Crippen LogP contribution in [0.15, 0.2) is 29.4 Å². The maximum atomic E-state index is 4.19. The molecule has 0 aliphatic carbocycles. The molecule has 0 spiro atoms. The van der Waals surface area contributed by atoms with E-state index in [2.05, 4.69) is 18.8 Å². The second kappa shape index (κ2) is 4.39. The lowest BCUT2D eigenvalue weighted by Gasteiger charge is -2.05. The van der Waals surface area contributed by atoms with E-state index >= 15 is 0 Å². The molecule has 59 valence electrons. The van der Waals surface area contributed by atoms with E-state index < -0.39 is 0 Å². The molecule has 1 unspecified atom stereocenters. The van der Waals surface area contributed by atoms with Crippen LogP contribution in [-0.2, 0) is 0 Å². The normalized spacial score (nSPS) is 12.9. The van der Waals surface area contributed by atoms with Crippen LogP contribution in [0.5, 0.6) is 0 Å². The highest BCUT2D eigenvalue weighted by Gasteiger charge is 2.00. The van der Waals surface area contributed by atoms with E-state index in [-0.39, 0.29) is 0 Å². The van der Waals surface area contributed by atoms with Gasteiger partial charge in [0.05, 0.1) is 5.03 Å². The van der Waals surface area contributed by atoms with E-state index in [0.29, 0.717) is 5.25 Å². The number of aromatic nitrogens is 1. The Bertz CT molecular complexity index is 198. The fraction of sp³-hybridized carbons (Fsp3) is 0.333. The molecule has 0 saturated heterocycles. The quantitative estimate of drug-likeness (QED) is 0.640. The van der Waals surface area contributed by atoms with E-state index in [4.69, 9.17) is 0 Å². The topological polar surface area (TPSA) is 12.9 Å². The molecule has 1 aromatic heterocycles. The summed E-state index contributed by atoms with van der Waals surface area (Å²) in [5, 5.41) is 1.49. The Morgan fingerprint density at radius 2 is 2.45 bits per heavy atom. The van der Waals surface area contributed by atoms with Crippen molar-refractivity contribution in [2.45, 2.75) is 23.6 Å². The molecular formula is C9H12NS. The van der Waals surface area contributed by atoms with Crippen molar-refractivity contribution in [3.8, 4) is 0 Å². The maximum Gasteiger partial charge on any atom is 0.0962 e. The molecule has 0 aliphatic rings. The highest BCUT2D eigenvalue weighted by molar-refractivity contribution is 7.99. The third-order valence-electron chi connectivity index (χ3n) is 1.38. The third kappa shape index (κ3) is 2.93. The van der Waals surface area contributed by atoms with E-state index in [9.17, 15) is 0 Å². The summed E-state index contributed by atoms with van der Waals surface area (Å²) in [4.78, 5) is 4.19. The maximum absolute atomic E-state index is 4.19. The van der Waals surface area contributed by atoms with Crippen LogP contribution in [0.4, 0.5) is 0 Å². The molecule has 2 heteroatoms. The van der Waals surface area contributed by atoms with E-state index in [1.54, 1.807) is 11.8 Å². The zero-order valence-electron chi connectivity index (χ0n) is 6.66. The molecule has 0 amide bonds. The van der Waals surface area contributed by atoms with Crippen LogP contribution in [0.1, 0.15) is 13.3 Å². The van der Waals surface area contributed by atoms with Gasteiger partial charge in [-0.1, -0.05) is 13.0 Å². The summed E-state index contributed by atoms with van der Waals surface area (Å²) < 4.78 is 0. The number of hydrogen-bond acceptors (Lipinski definition) is 2. The Morgan fingerprint density at radius 1 is 1.64 bits per heavy atom. The van der Waals surface area contributed by atoms with Gasteiger partial charge in [0.15, 0.2) is 0 Å². The molecule has 1 heterocycles. The Kier molecular flexibility index (Phi) is 3.43. The average Bonchev–Trinajstić information content (AvgIpc) is 2.06. The average molecular weight is 166 g/mol. The van der Waals surface area contributed by atoms with Gasteiger partial charge in [-0.2, -0.15) is 0 Å². The monoisotopic (exact) mass is 166 g/mol. The van der Waals surface area contributed by atoms with Gasteiger partial charge in [-0.3, -0.25) is 0 Å². The van der Waals surface area contributed by atoms with Gasteiger partial charge in [0.25, 0.3) is 0 Å². The summed E-state index contributed by atoms with van der Waals surface area (Å²) in [5.41, 5.74) is 0. The predicted molar refractivity (Wildman–Crippen MR) is 49.5 cm³/mol. The fourth-order valence-electron chi connectivity index (χ4n) is 0.671. The minimum absolute atomic E-state index is 0.421. The Labute approximate surface area is 72.2 Å². The highest BCUT2D eigenvalue weighted by atomic mass is 32.2. The SMILES string of the molecule is [CH2]C(CC)Sc1ccccn1. The third-order valence-corrected chi connectivity index (χ3v) is 2.53. The summed E-state index contributed by atoms with van der Waals surface area (Å²) in [5.74, 6) is 0. The summed E-state index contributed by atoms with van der Waals surface area (Å²) in [6, 6.07) is 5.93. The lowest BCUT2D eigenvalue weighted by atomic mass is 10.4. The van der Waals surface area contributed by atoms with Crippen LogP contribution >= 0.6 is 11.8 Å². The molecule has 1 nitrogen and oxygen atoms in total. The van der Waals surface area contributed by atoms with Gasteiger partial charge in [-0.15, -0.1) is 11.8 Å². The van der Waals surface area contributed by atoms with Crippen molar-refractivity contribution in [3.05, 3.63) is 31.3 Å². The summed E-state index contributed by atoms with van der Waals surface area (Å²) >= 11 is 1.72. The Morgan fingerprint density at radius 3 is 3.00 bits per heavy atom. The van der Waals surface area contributed by atoms with Crippen LogP contribution in [0.3, 0.4) is 0 Å². The minimum atomic E-state index is 0.421. The minimum Gasteiger partial charge on any atom is -0.250 e. The molecule has 11 heavy (non-hydrogen) atoms. The second-order valence-electron chi connectivity index (χ2n) is 2.32. The van der Waals surface area contributed by atoms with E-state index in [0.717, 1.165) is 11.4 Å². The van der Waals surface area contributed by atoms with Gasteiger partial charge in [0.2, 0.25) is 0 Å². The first kappa shape index (κ1) is 8.60. The molecule has 1 rings (SSSR count). The van der Waals surface area contributed by atoms with Gasteiger partial charge >= 0.3 is 0 Å². The van der Waals surface area contributed by atoms with Gasteiger partial charge in [0, 0.05) is 11.4 Å². The molecule has 0 aliphatic heterocycles. The summed E-state index contributed by atoms with van der Waals surface area (Å²) in [6.45, 7) is 6.11. The summed E-state index contributed by atoms with van der Waals surface area (Å²) in [7, 11) is 0. The van der Waals surface area contributed by atoms with Crippen LogP contribution < -0.4 is 0 Å². The number of pyridine rings is 1. The number of nitrogens with zero attached hydrogens (tertiary/aromatic N) is 1. The molecule has 0 saturated carbocycles. The molecule has 1 aromatic rings.